The molecular weight excluding hydrogens is 356 g/mol. The molecule has 2 heterocycles. The zero-order valence-electron chi connectivity index (χ0n) is 16.7. The van der Waals surface area contributed by atoms with Gasteiger partial charge in [0.05, 0.1) is 17.0 Å². The first-order valence-electron chi connectivity index (χ1n) is 10.2. The molecule has 0 radical (unpaired) electrons. The predicted octanol–water partition coefficient (Wildman–Crippen LogP) is 5.30. The molecule has 2 aromatic heterocycles. The van der Waals surface area contributed by atoms with Crippen LogP contribution in [0.5, 0.6) is 0 Å². The number of fused-ring (bicyclic) bond motifs is 2. The summed E-state index contributed by atoms with van der Waals surface area (Å²) in [4.78, 5) is 15.7. The number of benzene rings is 3. The number of aryl methyl sites for hydroxylation is 1. The summed E-state index contributed by atoms with van der Waals surface area (Å²) >= 11 is 0. The molecule has 0 amide bonds. The molecule has 4 heteroatoms. The lowest BCUT2D eigenvalue weighted by Crippen LogP contribution is -2.20. The average Bonchev–Trinajstić information content (AvgIpc) is 3.35. The standard InChI is InChI=1S/C25H24N4/c1-16-8-7-9-18(14-16)15-19(25-28-22-12-5-6-13-23(22)29-25)17(2)24-26-20-10-3-4-11-21(20)27-24/h3-14,17,19H,15H2,1-2H3,(H,26,27)(H,28,29)/p+1. The highest BCUT2D eigenvalue weighted by molar-refractivity contribution is 5.75. The highest BCUT2D eigenvalue weighted by Gasteiger charge is 2.30. The fourth-order valence-electron chi connectivity index (χ4n) is 4.20. The van der Waals surface area contributed by atoms with Gasteiger partial charge in [0.1, 0.15) is 5.82 Å². The van der Waals surface area contributed by atoms with E-state index < -0.39 is 0 Å². The van der Waals surface area contributed by atoms with E-state index in [0.717, 1.165) is 40.1 Å². The lowest BCUT2D eigenvalue weighted by molar-refractivity contribution is -0.361. The number of nitrogens with zero attached hydrogens (tertiary/aromatic N) is 1. The molecule has 144 valence electrons. The Balaban J connectivity index is 1.58. The Hall–Kier alpha value is -3.40. The van der Waals surface area contributed by atoms with Gasteiger partial charge in [0, 0.05) is 5.92 Å². The Labute approximate surface area is 170 Å². The van der Waals surface area contributed by atoms with Crippen molar-refractivity contribution in [2.45, 2.75) is 32.1 Å². The molecule has 5 rings (SSSR count). The lowest BCUT2D eigenvalue weighted by Gasteiger charge is -2.19. The average molecular weight is 382 g/mol. The van der Waals surface area contributed by atoms with Crippen molar-refractivity contribution in [3.8, 4) is 0 Å². The van der Waals surface area contributed by atoms with Crippen molar-refractivity contribution in [3.63, 3.8) is 0 Å². The van der Waals surface area contributed by atoms with E-state index in [9.17, 15) is 0 Å². The van der Waals surface area contributed by atoms with E-state index in [1.807, 2.05) is 6.07 Å². The van der Waals surface area contributed by atoms with Crippen molar-refractivity contribution in [2.75, 3.05) is 0 Å². The molecule has 0 fully saturated rings. The van der Waals surface area contributed by atoms with E-state index in [0.29, 0.717) is 0 Å². The van der Waals surface area contributed by atoms with Gasteiger partial charge in [-0.15, -0.1) is 0 Å². The summed E-state index contributed by atoms with van der Waals surface area (Å²) in [5.41, 5.74) is 6.99. The second-order valence-corrected chi connectivity index (χ2v) is 7.94. The molecule has 0 bridgehead atoms. The minimum Gasteiger partial charge on any atom is -0.342 e. The molecule has 0 aliphatic carbocycles. The molecule has 0 aliphatic rings. The summed E-state index contributed by atoms with van der Waals surface area (Å²) in [6.07, 6.45) is 0.922. The number of aromatic nitrogens is 4. The third kappa shape index (κ3) is 3.42. The maximum Gasteiger partial charge on any atom is 0.256 e. The van der Waals surface area contributed by atoms with Gasteiger partial charge in [0.25, 0.3) is 5.82 Å². The highest BCUT2D eigenvalue weighted by Crippen LogP contribution is 2.33. The molecule has 2 atom stereocenters. The van der Waals surface area contributed by atoms with Gasteiger partial charge in [0.15, 0.2) is 11.0 Å². The Kier molecular flexibility index (Phi) is 4.39. The summed E-state index contributed by atoms with van der Waals surface area (Å²) in [7, 11) is 0. The number of nitrogens with one attached hydrogen (secondary N) is 3. The van der Waals surface area contributed by atoms with Gasteiger partial charge in [-0.3, -0.25) is 0 Å². The summed E-state index contributed by atoms with van der Waals surface area (Å²) in [5, 5.41) is 0. The Morgan fingerprint density at radius 2 is 1.69 bits per heavy atom. The maximum atomic E-state index is 4.95. The van der Waals surface area contributed by atoms with E-state index in [-0.39, 0.29) is 11.8 Å². The van der Waals surface area contributed by atoms with Gasteiger partial charge in [-0.25, -0.2) is 15.0 Å². The second kappa shape index (κ2) is 7.21. The fourth-order valence-corrected chi connectivity index (χ4v) is 4.20. The number of aromatic amines is 3. The molecular formula is C25H25N4+. The Morgan fingerprint density at radius 1 is 0.897 bits per heavy atom. The molecule has 3 N–H and O–H groups in total. The van der Waals surface area contributed by atoms with Crippen LogP contribution < -0.4 is 4.98 Å². The topological polar surface area (TPSA) is 58.6 Å². The van der Waals surface area contributed by atoms with Crippen LogP contribution in [0, 0.1) is 6.92 Å². The molecule has 3 aromatic carbocycles. The number of imidazole rings is 2. The molecule has 0 spiro atoms. The van der Waals surface area contributed by atoms with Crippen LogP contribution in [-0.2, 0) is 6.42 Å². The summed E-state index contributed by atoms with van der Waals surface area (Å²) < 4.78 is 0. The molecule has 0 aliphatic heterocycles. The van der Waals surface area contributed by atoms with Crippen LogP contribution in [0.15, 0.2) is 72.8 Å². The van der Waals surface area contributed by atoms with Gasteiger partial charge in [-0.05, 0) is 43.2 Å². The van der Waals surface area contributed by atoms with E-state index in [4.69, 9.17) is 4.98 Å². The van der Waals surface area contributed by atoms with Crippen molar-refractivity contribution >= 4 is 22.1 Å². The summed E-state index contributed by atoms with van der Waals surface area (Å²) in [6, 6.07) is 25.4. The SMILES string of the molecule is Cc1cccc(CC(c2nc3ccccc3[nH]2)C(C)c2[nH]c3ccccc3[nH+]2)c1. The fraction of sp³-hybridized carbons (Fsp3) is 0.200. The van der Waals surface area contributed by atoms with Crippen molar-refractivity contribution in [3.05, 3.63) is 95.6 Å². The van der Waals surface area contributed by atoms with Crippen LogP contribution in [-0.4, -0.2) is 15.0 Å². The van der Waals surface area contributed by atoms with Gasteiger partial charge in [0.2, 0.25) is 0 Å². The largest absolute Gasteiger partial charge is 0.342 e. The quantitative estimate of drug-likeness (QED) is 0.427. The summed E-state index contributed by atoms with van der Waals surface area (Å²) in [5.74, 6) is 2.62. The molecule has 4 nitrogen and oxygen atoms in total. The lowest BCUT2D eigenvalue weighted by atomic mass is 9.86. The van der Waals surface area contributed by atoms with Crippen LogP contribution in [0.1, 0.15) is 41.5 Å². The maximum absolute atomic E-state index is 4.95. The third-order valence-electron chi connectivity index (χ3n) is 5.82. The number of hydrogen-bond donors (Lipinski definition) is 2. The van der Waals surface area contributed by atoms with Crippen LogP contribution in [0.3, 0.4) is 0 Å². The number of H-pyrrole nitrogens is 3. The molecule has 29 heavy (non-hydrogen) atoms. The normalized spacial score (nSPS) is 13.7. The molecule has 0 saturated carbocycles. The Morgan fingerprint density at radius 3 is 2.48 bits per heavy atom. The zero-order chi connectivity index (χ0) is 19.8. The van der Waals surface area contributed by atoms with Crippen LogP contribution in [0.2, 0.25) is 0 Å². The highest BCUT2D eigenvalue weighted by atomic mass is 15.0. The smallest absolute Gasteiger partial charge is 0.256 e. The minimum atomic E-state index is 0.216. The van der Waals surface area contributed by atoms with E-state index in [1.54, 1.807) is 0 Å². The third-order valence-corrected chi connectivity index (χ3v) is 5.82. The van der Waals surface area contributed by atoms with Crippen molar-refractivity contribution in [1.29, 1.82) is 0 Å². The van der Waals surface area contributed by atoms with Gasteiger partial charge >= 0.3 is 0 Å². The van der Waals surface area contributed by atoms with Crippen molar-refractivity contribution in [2.24, 2.45) is 0 Å². The molecule has 2 unspecified atom stereocenters. The van der Waals surface area contributed by atoms with E-state index >= 15 is 0 Å². The van der Waals surface area contributed by atoms with Crippen LogP contribution in [0.4, 0.5) is 0 Å². The van der Waals surface area contributed by atoms with E-state index in [2.05, 4.69) is 95.5 Å². The first-order chi connectivity index (χ1) is 14.2. The molecule has 5 aromatic rings. The number of rotatable bonds is 5. The van der Waals surface area contributed by atoms with E-state index in [1.165, 1.54) is 11.1 Å². The second-order valence-electron chi connectivity index (χ2n) is 7.94. The van der Waals surface area contributed by atoms with Crippen LogP contribution in [0.25, 0.3) is 22.1 Å². The minimum absolute atomic E-state index is 0.216. The van der Waals surface area contributed by atoms with Crippen molar-refractivity contribution in [1.82, 2.24) is 15.0 Å². The Bertz CT molecular complexity index is 1210. The first kappa shape index (κ1) is 17.7. The van der Waals surface area contributed by atoms with Gasteiger partial charge < -0.3 is 4.98 Å². The zero-order valence-corrected chi connectivity index (χ0v) is 16.7. The first-order valence-corrected chi connectivity index (χ1v) is 10.2. The van der Waals surface area contributed by atoms with Gasteiger partial charge in [-0.2, -0.15) is 0 Å². The van der Waals surface area contributed by atoms with Gasteiger partial charge in [-0.1, -0.05) is 61.0 Å². The number of para-hydroxylation sites is 4. The van der Waals surface area contributed by atoms with Crippen molar-refractivity contribution < 1.29 is 4.98 Å². The number of hydrogen-bond acceptors (Lipinski definition) is 1. The summed E-state index contributed by atoms with van der Waals surface area (Å²) in [6.45, 7) is 4.42. The monoisotopic (exact) mass is 381 g/mol. The predicted molar refractivity (Wildman–Crippen MR) is 117 cm³/mol. The van der Waals surface area contributed by atoms with Crippen LogP contribution >= 0.6 is 0 Å². The molecule has 0 saturated heterocycles.